The monoisotopic (exact) mass is 301 g/mol. The number of sulfone groups is 1. The van der Waals surface area contributed by atoms with Gasteiger partial charge >= 0.3 is 0 Å². The number of fused-ring (bicyclic) bond motifs is 1. The standard InChI is InChI=1S/C15H15N3O2S/c1-21(19,20)13-4-2-12(3-5-13)14-10-18-7-6-11(9-16)8-15(18)17-14/h2-8,10H,9,16H2,1H3. The van der Waals surface area contributed by atoms with E-state index in [4.69, 9.17) is 5.73 Å². The van der Waals surface area contributed by atoms with Crippen molar-refractivity contribution in [3.05, 3.63) is 54.4 Å². The molecule has 1 aromatic carbocycles. The van der Waals surface area contributed by atoms with Crippen LogP contribution in [0.2, 0.25) is 0 Å². The molecule has 0 aliphatic rings. The molecule has 0 saturated heterocycles. The lowest BCUT2D eigenvalue weighted by molar-refractivity contribution is 0.602. The Morgan fingerprint density at radius 3 is 2.52 bits per heavy atom. The molecule has 0 atom stereocenters. The van der Waals surface area contributed by atoms with Gasteiger partial charge in [-0.05, 0) is 29.8 Å². The van der Waals surface area contributed by atoms with Gasteiger partial charge in [-0.2, -0.15) is 0 Å². The van der Waals surface area contributed by atoms with Crippen molar-refractivity contribution in [2.75, 3.05) is 6.26 Å². The van der Waals surface area contributed by atoms with Crippen LogP contribution in [0.5, 0.6) is 0 Å². The zero-order chi connectivity index (χ0) is 15.0. The highest BCUT2D eigenvalue weighted by Crippen LogP contribution is 2.21. The Kier molecular flexibility index (Phi) is 3.27. The van der Waals surface area contributed by atoms with Crippen LogP contribution in [0, 0.1) is 0 Å². The quantitative estimate of drug-likeness (QED) is 0.801. The van der Waals surface area contributed by atoms with Gasteiger partial charge in [-0.15, -0.1) is 0 Å². The van der Waals surface area contributed by atoms with Gasteiger partial charge in [-0.25, -0.2) is 13.4 Å². The summed E-state index contributed by atoms with van der Waals surface area (Å²) in [6.45, 7) is 0.474. The first-order chi connectivity index (χ1) is 9.97. The van der Waals surface area contributed by atoms with Gasteiger partial charge < -0.3 is 10.1 Å². The molecule has 0 aliphatic carbocycles. The molecule has 2 heterocycles. The molecular formula is C15H15N3O2S. The lowest BCUT2D eigenvalue weighted by atomic mass is 10.2. The molecule has 0 unspecified atom stereocenters. The average Bonchev–Trinajstić information content (AvgIpc) is 2.89. The van der Waals surface area contributed by atoms with E-state index in [9.17, 15) is 8.42 Å². The van der Waals surface area contributed by atoms with Crippen LogP contribution in [-0.2, 0) is 16.4 Å². The number of nitrogens with zero attached hydrogens (tertiary/aromatic N) is 2. The fourth-order valence-electron chi connectivity index (χ4n) is 2.16. The van der Waals surface area contributed by atoms with Crippen LogP contribution in [0.3, 0.4) is 0 Å². The predicted molar refractivity (Wildman–Crippen MR) is 81.6 cm³/mol. The first-order valence-electron chi connectivity index (χ1n) is 6.45. The number of hydrogen-bond donors (Lipinski definition) is 1. The van der Waals surface area contributed by atoms with E-state index in [2.05, 4.69) is 4.98 Å². The van der Waals surface area contributed by atoms with Gasteiger partial charge in [0, 0.05) is 30.8 Å². The highest BCUT2D eigenvalue weighted by atomic mass is 32.2. The van der Waals surface area contributed by atoms with E-state index in [1.165, 1.54) is 6.26 Å². The largest absolute Gasteiger partial charge is 0.326 e. The number of benzene rings is 1. The minimum atomic E-state index is -3.17. The lowest BCUT2D eigenvalue weighted by Crippen LogP contribution is -1.96. The molecule has 0 fully saturated rings. The van der Waals surface area contributed by atoms with Crippen molar-refractivity contribution in [1.29, 1.82) is 0 Å². The number of hydrogen-bond acceptors (Lipinski definition) is 4. The Morgan fingerprint density at radius 2 is 1.90 bits per heavy atom. The van der Waals surface area contributed by atoms with Gasteiger partial charge in [0.15, 0.2) is 9.84 Å². The summed E-state index contributed by atoms with van der Waals surface area (Å²) < 4.78 is 24.8. The SMILES string of the molecule is CS(=O)(=O)c1ccc(-c2cn3ccc(CN)cc3n2)cc1. The minimum Gasteiger partial charge on any atom is -0.326 e. The first-order valence-corrected chi connectivity index (χ1v) is 8.35. The van der Waals surface area contributed by atoms with Gasteiger partial charge in [0.25, 0.3) is 0 Å². The second kappa shape index (κ2) is 4.98. The van der Waals surface area contributed by atoms with Crippen molar-refractivity contribution in [3.8, 4) is 11.3 Å². The zero-order valence-electron chi connectivity index (χ0n) is 11.5. The third-order valence-electron chi connectivity index (χ3n) is 3.34. The van der Waals surface area contributed by atoms with E-state index in [0.717, 1.165) is 22.5 Å². The van der Waals surface area contributed by atoms with Crippen molar-refractivity contribution < 1.29 is 8.42 Å². The highest BCUT2D eigenvalue weighted by Gasteiger charge is 2.09. The molecule has 2 N–H and O–H groups in total. The summed E-state index contributed by atoms with van der Waals surface area (Å²) in [5.41, 5.74) is 9.13. The summed E-state index contributed by atoms with van der Waals surface area (Å²) >= 11 is 0. The normalized spacial score (nSPS) is 11.9. The number of rotatable bonds is 3. The van der Waals surface area contributed by atoms with Gasteiger partial charge in [0.05, 0.1) is 10.6 Å². The van der Waals surface area contributed by atoms with Gasteiger partial charge in [0.2, 0.25) is 0 Å². The van der Waals surface area contributed by atoms with Crippen molar-refractivity contribution in [3.63, 3.8) is 0 Å². The van der Waals surface area contributed by atoms with Crippen LogP contribution in [0.15, 0.2) is 53.7 Å². The summed E-state index contributed by atoms with van der Waals surface area (Å²) in [6, 6.07) is 10.6. The summed E-state index contributed by atoms with van der Waals surface area (Å²) in [5, 5.41) is 0. The molecule has 0 saturated carbocycles. The van der Waals surface area contributed by atoms with Crippen LogP contribution in [0.1, 0.15) is 5.56 Å². The molecule has 5 nitrogen and oxygen atoms in total. The number of nitrogens with two attached hydrogens (primary N) is 1. The molecule has 21 heavy (non-hydrogen) atoms. The topological polar surface area (TPSA) is 77.5 Å². The lowest BCUT2D eigenvalue weighted by Gasteiger charge is -1.99. The molecule has 108 valence electrons. The smallest absolute Gasteiger partial charge is 0.175 e. The second-order valence-corrected chi connectivity index (χ2v) is 6.94. The van der Waals surface area contributed by atoms with Gasteiger partial charge in [0.1, 0.15) is 5.65 Å². The summed E-state index contributed by atoms with van der Waals surface area (Å²) in [4.78, 5) is 4.85. The van der Waals surface area contributed by atoms with E-state index in [0.29, 0.717) is 11.4 Å². The van der Waals surface area contributed by atoms with E-state index >= 15 is 0 Å². The molecule has 6 heteroatoms. The Bertz CT molecular complexity index is 896. The molecule has 3 rings (SSSR count). The summed E-state index contributed by atoms with van der Waals surface area (Å²) in [5.74, 6) is 0. The van der Waals surface area contributed by atoms with Crippen LogP contribution in [-0.4, -0.2) is 24.1 Å². The summed E-state index contributed by atoms with van der Waals surface area (Å²) in [7, 11) is -3.17. The fraction of sp³-hybridized carbons (Fsp3) is 0.133. The number of imidazole rings is 1. The number of aromatic nitrogens is 2. The van der Waals surface area contributed by atoms with Crippen molar-refractivity contribution in [2.24, 2.45) is 5.73 Å². The maximum Gasteiger partial charge on any atom is 0.175 e. The molecule has 0 bridgehead atoms. The Balaban J connectivity index is 2.04. The van der Waals surface area contributed by atoms with E-state index < -0.39 is 9.84 Å². The van der Waals surface area contributed by atoms with E-state index in [1.807, 2.05) is 28.9 Å². The zero-order valence-corrected chi connectivity index (χ0v) is 12.3. The van der Waals surface area contributed by atoms with Crippen molar-refractivity contribution >= 4 is 15.5 Å². The van der Waals surface area contributed by atoms with E-state index in [-0.39, 0.29) is 0 Å². The van der Waals surface area contributed by atoms with Crippen LogP contribution >= 0.6 is 0 Å². The molecule has 0 amide bonds. The van der Waals surface area contributed by atoms with Crippen molar-refractivity contribution in [1.82, 2.24) is 9.38 Å². The Labute approximate surface area is 123 Å². The van der Waals surface area contributed by atoms with Gasteiger partial charge in [-0.3, -0.25) is 0 Å². The second-order valence-electron chi connectivity index (χ2n) is 4.93. The maximum absolute atomic E-state index is 11.5. The molecule has 0 spiro atoms. The predicted octanol–water partition coefficient (Wildman–Crippen LogP) is 1.86. The average molecular weight is 301 g/mol. The van der Waals surface area contributed by atoms with Gasteiger partial charge in [-0.1, -0.05) is 12.1 Å². The third kappa shape index (κ3) is 2.68. The molecular weight excluding hydrogens is 286 g/mol. The molecule has 0 aliphatic heterocycles. The minimum absolute atomic E-state index is 0.306. The Morgan fingerprint density at radius 1 is 1.19 bits per heavy atom. The van der Waals surface area contributed by atoms with Crippen LogP contribution in [0.4, 0.5) is 0 Å². The van der Waals surface area contributed by atoms with Crippen molar-refractivity contribution in [2.45, 2.75) is 11.4 Å². The van der Waals surface area contributed by atoms with Crippen LogP contribution < -0.4 is 5.73 Å². The molecule has 0 radical (unpaired) electrons. The fourth-order valence-corrected chi connectivity index (χ4v) is 2.79. The highest BCUT2D eigenvalue weighted by molar-refractivity contribution is 7.90. The molecule has 2 aromatic heterocycles. The number of pyridine rings is 1. The Hall–Kier alpha value is -2.18. The van der Waals surface area contributed by atoms with Crippen LogP contribution in [0.25, 0.3) is 16.9 Å². The van der Waals surface area contributed by atoms with E-state index in [1.54, 1.807) is 24.3 Å². The maximum atomic E-state index is 11.5. The summed E-state index contributed by atoms with van der Waals surface area (Å²) in [6.07, 6.45) is 5.02. The first kappa shape index (κ1) is 13.8. The third-order valence-corrected chi connectivity index (χ3v) is 4.47. The molecule has 3 aromatic rings.